The van der Waals surface area contributed by atoms with Crippen LogP contribution in [0.1, 0.15) is 93.4 Å². The maximum absolute atomic E-state index is 2.73. The van der Waals surface area contributed by atoms with Crippen molar-refractivity contribution in [3.05, 3.63) is 0 Å². The minimum atomic E-state index is 0.536. The van der Waals surface area contributed by atoms with Crippen molar-refractivity contribution in [1.29, 1.82) is 0 Å². The van der Waals surface area contributed by atoms with E-state index in [1.165, 1.54) is 32.1 Å². The van der Waals surface area contributed by atoms with Crippen LogP contribution in [-0.2, 0) is 0 Å². The molecule has 0 aromatic heterocycles. The van der Waals surface area contributed by atoms with Gasteiger partial charge in [-0.2, -0.15) is 0 Å². The minimum Gasteiger partial charge on any atom is -0.0625 e. The lowest BCUT2D eigenvalue weighted by atomic mass is 9.50. The van der Waals surface area contributed by atoms with Gasteiger partial charge in [0.1, 0.15) is 0 Å². The second-order valence-corrected chi connectivity index (χ2v) is 11.9. The summed E-state index contributed by atoms with van der Waals surface area (Å²) in [5, 5.41) is 0. The Morgan fingerprint density at radius 2 is 1.50 bits per heavy atom. The molecule has 9 atom stereocenters. The summed E-state index contributed by atoms with van der Waals surface area (Å²) in [6.45, 7) is 18.4. The first-order valence-electron chi connectivity index (χ1n) is 11.1. The second kappa shape index (κ2) is 5.26. The van der Waals surface area contributed by atoms with E-state index in [-0.39, 0.29) is 0 Å². The van der Waals surface area contributed by atoms with Gasteiger partial charge in [0.2, 0.25) is 0 Å². The molecule has 0 bridgehead atoms. The van der Waals surface area contributed by atoms with E-state index in [1.54, 1.807) is 12.8 Å². The monoisotopic (exact) mass is 330 g/mol. The van der Waals surface area contributed by atoms with E-state index < -0.39 is 0 Å². The maximum atomic E-state index is 2.73. The van der Waals surface area contributed by atoms with Crippen LogP contribution in [0, 0.1) is 57.7 Å². The van der Waals surface area contributed by atoms with Crippen molar-refractivity contribution in [2.45, 2.75) is 93.4 Å². The molecule has 4 aliphatic carbocycles. The van der Waals surface area contributed by atoms with E-state index in [1.807, 2.05) is 0 Å². The number of hydrogen-bond donors (Lipinski definition) is 0. The van der Waals surface area contributed by atoms with Gasteiger partial charge in [0, 0.05) is 0 Å². The molecule has 4 rings (SSSR count). The first kappa shape index (κ1) is 17.4. The van der Waals surface area contributed by atoms with Crippen molar-refractivity contribution >= 4 is 0 Å². The number of fused-ring (bicyclic) bond motifs is 5. The Balaban J connectivity index is 1.73. The van der Waals surface area contributed by atoms with Crippen LogP contribution in [0.2, 0.25) is 0 Å². The highest BCUT2D eigenvalue weighted by molar-refractivity contribution is 5.15. The Labute approximate surface area is 151 Å². The smallest absolute Gasteiger partial charge is 0.0235 e. The third-order valence-electron chi connectivity index (χ3n) is 10.9. The van der Waals surface area contributed by atoms with E-state index in [0.717, 1.165) is 41.4 Å². The van der Waals surface area contributed by atoms with Crippen LogP contribution in [0.4, 0.5) is 0 Å². The summed E-state index contributed by atoms with van der Waals surface area (Å²) in [5.74, 6) is 6.85. The molecule has 4 saturated carbocycles. The summed E-state index contributed by atoms with van der Waals surface area (Å²) < 4.78 is 0. The van der Waals surface area contributed by atoms with Crippen LogP contribution < -0.4 is 0 Å². The maximum Gasteiger partial charge on any atom is -0.0235 e. The van der Waals surface area contributed by atoms with E-state index in [4.69, 9.17) is 0 Å². The topological polar surface area (TPSA) is 0 Å². The van der Waals surface area contributed by atoms with Gasteiger partial charge >= 0.3 is 0 Å². The SMILES string of the molecule is CC1CCC2(C)C(CCC3C2C(C)C2(C)C3CCC(C)(C)C2C)C1. The number of rotatable bonds is 0. The highest BCUT2D eigenvalue weighted by Gasteiger charge is 2.67. The third kappa shape index (κ3) is 2.04. The van der Waals surface area contributed by atoms with Gasteiger partial charge in [0.15, 0.2) is 0 Å². The molecule has 0 amide bonds. The highest BCUT2D eigenvalue weighted by atomic mass is 14.7. The molecule has 0 aliphatic heterocycles. The summed E-state index contributed by atoms with van der Waals surface area (Å²) in [5.41, 5.74) is 1.77. The molecule has 0 spiro atoms. The Morgan fingerprint density at radius 1 is 0.792 bits per heavy atom. The first-order chi connectivity index (χ1) is 11.1. The molecule has 0 saturated heterocycles. The van der Waals surface area contributed by atoms with Crippen molar-refractivity contribution in [2.75, 3.05) is 0 Å². The predicted molar refractivity (Wildman–Crippen MR) is 104 cm³/mol. The fourth-order valence-corrected chi connectivity index (χ4v) is 8.99. The van der Waals surface area contributed by atoms with Crippen molar-refractivity contribution in [1.82, 2.24) is 0 Å². The zero-order valence-electron chi connectivity index (χ0n) is 17.5. The second-order valence-electron chi connectivity index (χ2n) is 11.9. The zero-order chi connectivity index (χ0) is 17.5. The number of hydrogen-bond acceptors (Lipinski definition) is 0. The summed E-state index contributed by atoms with van der Waals surface area (Å²) >= 11 is 0. The fraction of sp³-hybridized carbons (Fsp3) is 1.00. The van der Waals surface area contributed by atoms with Crippen LogP contribution in [0.25, 0.3) is 0 Å². The third-order valence-corrected chi connectivity index (χ3v) is 10.9. The van der Waals surface area contributed by atoms with Crippen LogP contribution in [-0.4, -0.2) is 0 Å². The lowest BCUT2D eigenvalue weighted by Crippen LogP contribution is -2.48. The van der Waals surface area contributed by atoms with Gasteiger partial charge in [0.05, 0.1) is 0 Å². The Kier molecular flexibility index (Phi) is 3.82. The van der Waals surface area contributed by atoms with Gasteiger partial charge in [-0.3, -0.25) is 0 Å². The van der Waals surface area contributed by atoms with Gasteiger partial charge in [-0.15, -0.1) is 0 Å². The summed E-state index contributed by atoms with van der Waals surface area (Å²) in [7, 11) is 0. The predicted octanol–water partition coefficient (Wildman–Crippen LogP) is 7.18. The van der Waals surface area contributed by atoms with Gasteiger partial charge in [-0.1, -0.05) is 54.9 Å². The zero-order valence-corrected chi connectivity index (χ0v) is 17.5. The standard InChI is InChI=1S/C24H42/c1-15-10-13-23(6)18(14-15)8-9-19-20-11-12-22(4,5)17(3)24(20,7)16(2)21(19)23/h15-21H,8-14H2,1-7H3. The average Bonchev–Trinajstić information content (AvgIpc) is 2.75. The normalized spacial score (nSPS) is 59.4. The van der Waals surface area contributed by atoms with E-state index in [2.05, 4.69) is 48.5 Å². The molecule has 0 aromatic carbocycles. The lowest BCUT2D eigenvalue weighted by molar-refractivity contribution is -0.0644. The minimum absolute atomic E-state index is 0.536. The molecule has 24 heavy (non-hydrogen) atoms. The van der Waals surface area contributed by atoms with E-state index in [9.17, 15) is 0 Å². The van der Waals surface area contributed by atoms with Gasteiger partial charge in [-0.05, 0) is 96.2 Å². The van der Waals surface area contributed by atoms with Crippen molar-refractivity contribution < 1.29 is 0 Å². The summed E-state index contributed by atoms with van der Waals surface area (Å²) in [6, 6.07) is 0. The molecular weight excluding hydrogens is 288 g/mol. The summed E-state index contributed by atoms with van der Waals surface area (Å²) in [6.07, 6.45) is 10.6. The molecule has 0 nitrogen and oxygen atoms in total. The van der Waals surface area contributed by atoms with Crippen molar-refractivity contribution in [2.24, 2.45) is 57.7 Å². The fourth-order valence-electron chi connectivity index (χ4n) is 8.99. The molecule has 0 heterocycles. The molecule has 138 valence electrons. The first-order valence-corrected chi connectivity index (χ1v) is 11.1. The lowest BCUT2D eigenvalue weighted by Gasteiger charge is -2.55. The Morgan fingerprint density at radius 3 is 2.21 bits per heavy atom. The Bertz CT molecular complexity index is 504. The van der Waals surface area contributed by atoms with Gasteiger partial charge in [-0.25, -0.2) is 0 Å². The van der Waals surface area contributed by atoms with Crippen LogP contribution in [0.5, 0.6) is 0 Å². The van der Waals surface area contributed by atoms with Crippen molar-refractivity contribution in [3.8, 4) is 0 Å². The Hall–Kier alpha value is 0. The molecule has 4 fully saturated rings. The molecule has 0 radical (unpaired) electrons. The largest absolute Gasteiger partial charge is 0.0625 e. The van der Waals surface area contributed by atoms with Crippen LogP contribution >= 0.6 is 0 Å². The molecule has 4 aliphatic rings. The molecule has 0 N–H and O–H groups in total. The van der Waals surface area contributed by atoms with Crippen LogP contribution in [0.3, 0.4) is 0 Å². The molecule has 0 heteroatoms. The van der Waals surface area contributed by atoms with Crippen molar-refractivity contribution in [3.63, 3.8) is 0 Å². The quantitative estimate of drug-likeness (QED) is 0.441. The van der Waals surface area contributed by atoms with Gasteiger partial charge in [0.25, 0.3) is 0 Å². The average molecular weight is 331 g/mol. The molecular formula is C24H42. The highest BCUT2D eigenvalue weighted by Crippen LogP contribution is 2.73. The van der Waals surface area contributed by atoms with E-state index >= 15 is 0 Å². The molecule has 9 unspecified atom stereocenters. The summed E-state index contributed by atoms with van der Waals surface area (Å²) in [4.78, 5) is 0. The molecule has 0 aromatic rings. The van der Waals surface area contributed by atoms with Crippen LogP contribution in [0.15, 0.2) is 0 Å². The van der Waals surface area contributed by atoms with Gasteiger partial charge < -0.3 is 0 Å². The van der Waals surface area contributed by atoms with E-state index in [0.29, 0.717) is 16.2 Å².